The van der Waals surface area contributed by atoms with Gasteiger partial charge in [-0.25, -0.2) is 4.98 Å². The minimum atomic E-state index is 0.352. The molecule has 0 amide bonds. The number of nitrogens with one attached hydrogen (secondary N) is 2. The van der Waals surface area contributed by atoms with Crippen LogP contribution in [0.4, 0.5) is 0 Å². The van der Waals surface area contributed by atoms with E-state index in [1.807, 2.05) is 0 Å². The number of aromatic nitrogens is 1. The lowest BCUT2D eigenvalue weighted by atomic mass is 9.98. The van der Waals surface area contributed by atoms with Crippen molar-refractivity contribution in [2.24, 2.45) is 0 Å². The third kappa shape index (κ3) is 3.34. The van der Waals surface area contributed by atoms with Crippen LogP contribution in [0.1, 0.15) is 45.2 Å². The fourth-order valence-electron chi connectivity index (χ4n) is 2.96. The summed E-state index contributed by atoms with van der Waals surface area (Å²) in [5.41, 5.74) is 5.48. The Balaban J connectivity index is 1.66. The first kappa shape index (κ1) is 14.7. The monoisotopic (exact) mass is 301 g/mol. The van der Waals surface area contributed by atoms with Gasteiger partial charge in [-0.3, -0.25) is 0 Å². The van der Waals surface area contributed by atoms with Gasteiger partial charge in [-0.2, -0.15) is 0 Å². The van der Waals surface area contributed by atoms with E-state index in [2.05, 4.69) is 54.6 Å². The number of rotatable bonds is 4. The Morgan fingerprint density at radius 1 is 1.33 bits per heavy atom. The van der Waals surface area contributed by atoms with Gasteiger partial charge in [-0.15, -0.1) is 11.3 Å². The summed E-state index contributed by atoms with van der Waals surface area (Å²) in [6.45, 7) is 9.41. The first-order chi connectivity index (χ1) is 10.1. The number of thiazole rings is 1. The molecule has 2 aromatic rings. The molecule has 1 aliphatic rings. The van der Waals surface area contributed by atoms with Crippen LogP contribution in [-0.4, -0.2) is 11.5 Å². The molecule has 1 atom stereocenters. The zero-order chi connectivity index (χ0) is 14.8. The molecule has 21 heavy (non-hydrogen) atoms. The van der Waals surface area contributed by atoms with Crippen molar-refractivity contribution in [2.45, 2.75) is 46.3 Å². The molecular formula is C17H23N3S. The van der Waals surface area contributed by atoms with Crippen molar-refractivity contribution in [1.82, 2.24) is 15.6 Å². The molecule has 0 saturated heterocycles. The van der Waals surface area contributed by atoms with E-state index in [0.29, 0.717) is 6.04 Å². The van der Waals surface area contributed by atoms with Gasteiger partial charge in [0.2, 0.25) is 0 Å². The van der Waals surface area contributed by atoms with Gasteiger partial charge < -0.3 is 10.6 Å². The molecule has 1 aromatic heterocycles. The average Bonchev–Trinajstić information content (AvgIpc) is 2.83. The highest BCUT2D eigenvalue weighted by atomic mass is 32.1. The Morgan fingerprint density at radius 3 is 2.95 bits per heavy atom. The predicted molar refractivity (Wildman–Crippen MR) is 88.7 cm³/mol. The normalized spacial score (nSPS) is 15.8. The zero-order valence-electron chi connectivity index (χ0n) is 13.0. The summed E-state index contributed by atoms with van der Waals surface area (Å²) >= 11 is 1.80. The van der Waals surface area contributed by atoms with Crippen molar-refractivity contribution in [1.29, 1.82) is 0 Å². The van der Waals surface area contributed by atoms with Crippen LogP contribution in [0.15, 0.2) is 18.2 Å². The Hall–Kier alpha value is -1.23. The smallest absolute Gasteiger partial charge is 0.0900 e. The van der Waals surface area contributed by atoms with E-state index in [-0.39, 0.29) is 0 Å². The Bertz CT molecular complexity index is 633. The summed E-state index contributed by atoms with van der Waals surface area (Å²) in [7, 11) is 0. The summed E-state index contributed by atoms with van der Waals surface area (Å²) in [5.74, 6) is 0. The van der Waals surface area contributed by atoms with Crippen molar-refractivity contribution in [3.05, 3.63) is 50.5 Å². The standard InChI is InChI=1S/C17H23N3S/c1-11(17-12(2)20-13(3)21-17)19-9-14-4-5-15-6-7-18-10-16(15)8-14/h4-5,8,11,18-19H,6-7,9-10H2,1-3H3. The van der Waals surface area contributed by atoms with Gasteiger partial charge in [0.15, 0.2) is 0 Å². The molecule has 0 radical (unpaired) electrons. The molecule has 1 aliphatic heterocycles. The zero-order valence-corrected chi connectivity index (χ0v) is 13.8. The number of aryl methyl sites for hydroxylation is 2. The molecule has 3 nitrogen and oxygen atoms in total. The van der Waals surface area contributed by atoms with Gasteiger partial charge in [0.1, 0.15) is 0 Å². The van der Waals surface area contributed by atoms with Gasteiger partial charge in [-0.1, -0.05) is 18.2 Å². The van der Waals surface area contributed by atoms with Crippen LogP contribution < -0.4 is 10.6 Å². The van der Waals surface area contributed by atoms with Gasteiger partial charge in [0.25, 0.3) is 0 Å². The number of fused-ring (bicyclic) bond motifs is 1. The van der Waals surface area contributed by atoms with E-state index in [0.717, 1.165) is 36.8 Å². The van der Waals surface area contributed by atoms with E-state index in [4.69, 9.17) is 0 Å². The van der Waals surface area contributed by atoms with Crippen LogP contribution in [0.2, 0.25) is 0 Å². The maximum Gasteiger partial charge on any atom is 0.0900 e. The first-order valence-electron chi connectivity index (χ1n) is 7.62. The van der Waals surface area contributed by atoms with Crippen molar-refractivity contribution in [3.8, 4) is 0 Å². The van der Waals surface area contributed by atoms with E-state index >= 15 is 0 Å². The molecule has 0 saturated carbocycles. The summed E-state index contributed by atoms with van der Waals surface area (Å²) in [6, 6.07) is 7.24. The maximum atomic E-state index is 4.52. The van der Waals surface area contributed by atoms with Crippen LogP contribution in [0.3, 0.4) is 0 Å². The average molecular weight is 301 g/mol. The summed E-state index contributed by atoms with van der Waals surface area (Å²) in [5, 5.41) is 8.22. The van der Waals surface area contributed by atoms with Crippen LogP contribution in [-0.2, 0) is 19.5 Å². The molecule has 1 unspecified atom stereocenters. The molecule has 1 aromatic carbocycles. The quantitative estimate of drug-likeness (QED) is 0.910. The summed E-state index contributed by atoms with van der Waals surface area (Å²) in [4.78, 5) is 5.87. The Labute approximate surface area is 130 Å². The lowest BCUT2D eigenvalue weighted by molar-refractivity contribution is 0.577. The summed E-state index contributed by atoms with van der Waals surface area (Å²) < 4.78 is 0. The van der Waals surface area contributed by atoms with E-state index in [1.54, 1.807) is 11.3 Å². The minimum Gasteiger partial charge on any atom is -0.312 e. The molecule has 112 valence electrons. The predicted octanol–water partition coefficient (Wildman–Crippen LogP) is 3.26. The topological polar surface area (TPSA) is 37.0 Å². The fraction of sp³-hybridized carbons (Fsp3) is 0.471. The number of hydrogen-bond acceptors (Lipinski definition) is 4. The largest absolute Gasteiger partial charge is 0.312 e. The third-order valence-electron chi connectivity index (χ3n) is 4.10. The number of hydrogen-bond donors (Lipinski definition) is 2. The van der Waals surface area contributed by atoms with Crippen LogP contribution in [0.25, 0.3) is 0 Å². The van der Waals surface area contributed by atoms with Crippen LogP contribution in [0, 0.1) is 13.8 Å². The van der Waals surface area contributed by atoms with Gasteiger partial charge in [0.05, 0.1) is 10.7 Å². The molecule has 0 fully saturated rings. The highest BCUT2D eigenvalue weighted by Gasteiger charge is 2.13. The second-order valence-corrected chi connectivity index (χ2v) is 7.05. The van der Waals surface area contributed by atoms with Crippen molar-refractivity contribution in [2.75, 3.05) is 6.54 Å². The van der Waals surface area contributed by atoms with E-state index in [1.165, 1.54) is 21.6 Å². The first-order valence-corrected chi connectivity index (χ1v) is 8.44. The SMILES string of the molecule is Cc1nc(C)c(C(C)NCc2ccc3c(c2)CNCC3)s1. The maximum absolute atomic E-state index is 4.52. The molecule has 4 heteroatoms. The molecular weight excluding hydrogens is 278 g/mol. The highest BCUT2D eigenvalue weighted by Crippen LogP contribution is 2.25. The Kier molecular flexibility index (Phi) is 4.38. The lowest BCUT2D eigenvalue weighted by Crippen LogP contribution is -2.24. The fourth-order valence-corrected chi connectivity index (χ4v) is 3.91. The number of benzene rings is 1. The van der Waals surface area contributed by atoms with E-state index in [9.17, 15) is 0 Å². The van der Waals surface area contributed by atoms with Crippen LogP contribution >= 0.6 is 11.3 Å². The van der Waals surface area contributed by atoms with Gasteiger partial charge in [-0.05, 0) is 50.4 Å². The van der Waals surface area contributed by atoms with Gasteiger partial charge >= 0.3 is 0 Å². The molecule has 2 heterocycles. The van der Waals surface area contributed by atoms with Gasteiger partial charge in [0, 0.05) is 24.0 Å². The molecule has 0 bridgehead atoms. The molecule has 0 aliphatic carbocycles. The van der Waals surface area contributed by atoms with Crippen LogP contribution in [0.5, 0.6) is 0 Å². The molecule has 3 rings (SSSR count). The lowest BCUT2D eigenvalue weighted by Gasteiger charge is -2.19. The van der Waals surface area contributed by atoms with Crippen molar-refractivity contribution in [3.63, 3.8) is 0 Å². The second-order valence-electron chi connectivity index (χ2n) is 5.81. The number of nitrogens with zero attached hydrogens (tertiary/aromatic N) is 1. The molecule has 2 N–H and O–H groups in total. The molecule has 0 spiro atoms. The van der Waals surface area contributed by atoms with Crippen molar-refractivity contribution < 1.29 is 0 Å². The van der Waals surface area contributed by atoms with E-state index < -0.39 is 0 Å². The summed E-state index contributed by atoms with van der Waals surface area (Å²) in [6.07, 6.45) is 1.15. The van der Waals surface area contributed by atoms with Crippen molar-refractivity contribution >= 4 is 11.3 Å². The Morgan fingerprint density at radius 2 is 2.19 bits per heavy atom. The second kappa shape index (κ2) is 6.26. The minimum absolute atomic E-state index is 0.352. The third-order valence-corrected chi connectivity index (χ3v) is 5.36. The highest BCUT2D eigenvalue weighted by molar-refractivity contribution is 7.11.